The quantitative estimate of drug-likeness (QED) is 0.736. The molecular weight excluding hydrogens is 262 g/mol. The Labute approximate surface area is 117 Å². The molecule has 0 fully saturated rings. The maximum Gasteiger partial charge on any atom is 0.121 e. The molecule has 0 saturated carbocycles. The van der Waals surface area contributed by atoms with Crippen molar-refractivity contribution < 1.29 is 10.2 Å². The molecule has 0 aliphatic carbocycles. The highest BCUT2D eigenvalue weighted by atomic mass is 35.5. The van der Waals surface area contributed by atoms with E-state index in [1.807, 2.05) is 32.0 Å². The van der Waals surface area contributed by atoms with Crippen LogP contribution in [-0.2, 0) is 0 Å². The van der Waals surface area contributed by atoms with Crippen molar-refractivity contribution in [3.05, 3.63) is 52.5 Å². The van der Waals surface area contributed by atoms with Gasteiger partial charge in [-0.1, -0.05) is 17.7 Å². The molecule has 4 heteroatoms. The van der Waals surface area contributed by atoms with Crippen molar-refractivity contribution in [3.63, 3.8) is 0 Å². The van der Waals surface area contributed by atoms with Gasteiger partial charge in [0.2, 0.25) is 0 Å². The van der Waals surface area contributed by atoms with E-state index < -0.39 is 0 Å². The van der Waals surface area contributed by atoms with Gasteiger partial charge in [0.15, 0.2) is 0 Å². The van der Waals surface area contributed by atoms with E-state index in [-0.39, 0.29) is 17.5 Å². The van der Waals surface area contributed by atoms with Crippen molar-refractivity contribution in [1.82, 2.24) is 0 Å². The Morgan fingerprint density at radius 2 is 1.84 bits per heavy atom. The molecule has 1 atom stereocenters. The number of benzene rings is 2. The van der Waals surface area contributed by atoms with E-state index in [0.717, 1.165) is 11.3 Å². The second-order valence-corrected chi connectivity index (χ2v) is 5.00. The van der Waals surface area contributed by atoms with E-state index in [4.69, 9.17) is 11.6 Å². The number of anilines is 1. The van der Waals surface area contributed by atoms with E-state index in [2.05, 4.69) is 5.32 Å². The van der Waals surface area contributed by atoms with Gasteiger partial charge >= 0.3 is 0 Å². The van der Waals surface area contributed by atoms with E-state index in [1.165, 1.54) is 12.1 Å². The van der Waals surface area contributed by atoms with Crippen LogP contribution < -0.4 is 5.32 Å². The van der Waals surface area contributed by atoms with Gasteiger partial charge in [-0.25, -0.2) is 0 Å². The van der Waals surface area contributed by atoms with Crippen molar-refractivity contribution in [2.24, 2.45) is 0 Å². The normalized spacial score (nSPS) is 12.2. The molecule has 0 amide bonds. The summed E-state index contributed by atoms with van der Waals surface area (Å²) in [5, 5.41) is 23.3. The van der Waals surface area contributed by atoms with E-state index in [1.54, 1.807) is 6.07 Å². The Bertz CT molecular complexity index is 599. The summed E-state index contributed by atoms with van der Waals surface area (Å²) in [7, 11) is 0. The Morgan fingerprint density at radius 3 is 2.58 bits per heavy atom. The molecule has 2 aromatic rings. The fourth-order valence-corrected chi connectivity index (χ4v) is 2.12. The summed E-state index contributed by atoms with van der Waals surface area (Å²) in [6.07, 6.45) is 0. The van der Waals surface area contributed by atoms with Crippen molar-refractivity contribution in [2.75, 3.05) is 5.32 Å². The highest BCUT2D eigenvalue weighted by Crippen LogP contribution is 2.31. The largest absolute Gasteiger partial charge is 0.508 e. The number of hydrogen-bond acceptors (Lipinski definition) is 3. The van der Waals surface area contributed by atoms with Crippen LogP contribution in [0.4, 0.5) is 5.69 Å². The fraction of sp³-hybridized carbons (Fsp3) is 0.200. The van der Waals surface area contributed by atoms with Crippen LogP contribution >= 0.6 is 11.6 Å². The predicted molar refractivity (Wildman–Crippen MR) is 78.0 cm³/mol. The maximum absolute atomic E-state index is 9.83. The standard InChI is InChI=1S/C15H16ClNO2/c1-9-3-4-11(16)7-14(9)17-10(2)13-8-12(18)5-6-15(13)19/h3-8,10,17-19H,1-2H3. The first-order valence-electron chi connectivity index (χ1n) is 6.02. The molecule has 19 heavy (non-hydrogen) atoms. The molecule has 3 N–H and O–H groups in total. The van der Waals surface area contributed by atoms with Crippen molar-refractivity contribution in [2.45, 2.75) is 19.9 Å². The zero-order valence-electron chi connectivity index (χ0n) is 10.8. The maximum atomic E-state index is 9.83. The molecule has 0 bridgehead atoms. The first-order chi connectivity index (χ1) is 8.97. The number of halogens is 1. The summed E-state index contributed by atoms with van der Waals surface area (Å²) >= 11 is 5.97. The van der Waals surface area contributed by atoms with Gasteiger partial charge in [0, 0.05) is 16.3 Å². The molecule has 2 aromatic carbocycles. The van der Waals surface area contributed by atoms with Gasteiger partial charge in [-0.3, -0.25) is 0 Å². The van der Waals surface area contributed by atoms with Crippen molar-refractivity contribution in [3.8, 4) is 11.5 Å². The Morgan fingerprint density at radius 1 is 1.11 bits per heavy atom. The summed E-state index contributed by atoms with van der Waals surface area (Å²) in [4.78, 5) is 0. The molecule has 0 aliphatic heterocycles. The summed E-state index contributed by atoms with van der Waals surface area (Å²) in [6, 6.07) is 9.94. The van der Waals surface area contributed by atoms with Crippen LogP contribution in [0, 0.1) is 6.92 Å². The lowest BCUT2D eigenvalue weighted by Gasteiger charge is -2.19. The third-order valence-electron chi connectivity index (χ3n) is 3.05. The molecule has 0 spiro atoms. The Balaban J connectivity index is 2.27. The van der Waals surface area contributed by atoms with Crippen molar-refractivity contribution >= 4 is 17.3 Å². The minimum atomic E-state index is -0.149. The predicted octanol–water partition coefficient (Wildman–Crippen LogP) is 4.23. The summed E-state index contributed by atoms with van der Waals surface area (Å²) in [5.74, 6) is 0.279. The average Bonchev–Trinajstić information content (AvgIpc) is 2.36. The number of aryl methyl sites for hydroxylation is 1. The van der Waals surface area contributed by atoms with Crippen LogP contribution in [0.25, 0.3) is 0 Å². The van der Waals surface area contributed by atoms with Gasteiger partial charge in [0.1, 0.15) is 11.5 Å². The molecule has 0 radical (unpaired) electrons. The van der Waals surface area contributed by atoms with E-state index in [0.29, 0.717) is 10.6 Å². The van der Waals surface area contributed by atoms with Crippen LogP contribution in [0.3, 0.4) is 0 Å². The molecule has 0 heterocycles. The van der Waals surface area contributed by atoms with Gasteiger partial charge in [-0.05, 0) is 49.7 Å². The molecule has 0 aromatic heterocycles. The van der Waals surface area contributed by atoms with Crippen LogP contribution in [0.2, 0.25) is 5.02 Å². The molecule has 3 nitrogen and oxygen atoms in total. The first kappa shape index (κ1) is 13.6. The second kappa shape index (κ2) is 5.41. The average molecular weight is 278 g/mol. The summed E-state index contributed by atoms with van der Waals surface area (Å²) < 4.78 is 0. The lowest BCUT2D eigenvalue weighted by molar-refractivity contribution is 0.451. The number of aromatic hydroxyl groups is 2. The molecule has 1 unspecified atom stereocenters. The number of rotatable bonds is 3. The molecular formula is C15H16ClNO2. The lowest BCUT2D eigenvalue weighted by Crippen LogP contribution is -2.07. The van der Waals surface area contributed by atoms with Gasteiger partial charge in [-0.2, -0.15) is 0 Å². The molecule has 2 rings (SSSR count). The number of phenolic OH excluding ortho intramolecular Hbond substituents is 2. The summed E-state index contributed by atoms with van der Waals surface area (Å²) in [6.45, 7) is 3.89. The van der Waals surface area contributed by atoms with Crippen molar-refractivity contribution in [1.29, 1.82) is 0 Å². The Kier molecular flexibility index (Phi) is 3.86. The van der Waals surface area contributed by atoms with Gasteiger partial charge in [-0.15, -0.1) is 0 Å². The molecule has 0 aliphatic rings. The highest BCUT2D eigenvalue weighted by molar-refractivity contribution is 6.30. The van der Waals surface area contributed by atoms with Gasteiger partial charge in [0.25, 0.3) is 0 Å². The monoisotopic (exact) mass is 277 g/mol. The van der Waals surface area contributed by atoms with Crippen LogP contribution in [0.5, 0.6) is 11.5 Å². The number of phenols is 2. The molecule has 100 valence electrons. The zero-order valence-corrected chi connectivity index (χ0v) is 11.6. The van der Waals surface area contributed by atoms with Gasteiger partial charge < -0.3 is 15.5 Å². The number of hydrogen-bond donors (Lipinski definition) is 3. The summed E-state index contributed by atoms with van der Waals surface area (Å²) in [5.41, 5.74) is 2.61. The highest BCUT2D eigenvalue weighted by Gasteiger charge is 2.12. The van der Waals surface area contributed by atoms with Crippen LogP contribution in [0.1, 0.15) is 24.1 Å². The SMILES string of the molecule is Cc1ccc(Cl)cc1NC(C)c1cc(O)ccc1O. The van der Waals surface area contributed by atoms with Gasteiger partial charge in [0.05, 0.1) is 6.04 Å². The Hall–Kier alpha value is -1.87. The topological polar surface area (TPSA) is 52.5 Å². The lowest BCUT2D eigenvalue weighted by atomic mass is 10.1. The zero-order chi connectivity index (χ0) is 14.0. The number of nitrogens with one attached hydrogen (secondary N) is 1. The fourth-order valence-electron chi connectivity index (χ4n) is 1.95. The molecule has 0 saturated heterocycles. The van der Waals surface area contributed by atoms with Crippen LogP contribution in [0.15, 0.2) is 36.4 Å². The van der Waals surface area contributed by atoms with E-state index >= 15 is 0 Å². The third kappa shape index (κ3) is 3.12. The smallest absolute Gasteiger partial charge is 0.121 e. The minimum absolute atomic E-state index is 0.129. The van der Waals surface area contributed by atoms with Crippen LogP contribution in [-0.4, -0.2) is 10.2 Å². The minimum Gasteiger partial charge on any atom is -0.508 e. The third-order valence-corrected chi connectivity index (χ3v) is 3.28. The second-order valence-electron chi connectivity index (χ2n) is 4.57. The van der Waals surface area contributed by atoms with E-state index in [9.17, 15) is 10.2 Å². The first-order valence-corrected chi connectivity index (χ1v) is 6.39.